The maximum absolute atomic E-state index is 13.0. The van der Waals surface area contributed by atoms with Gasteiger partial charge in [-0.3, -0.25) is 0 Å². The first-order valence-electron chi connectivity index (χ1n) is 7.85. The Morgan fingerprint density at radius 1 is 1.08 bits per heavy atom. The van der Waals surface area contributed by atoms with Crippen molar-refractivity contribution in [2.24, 2.45) is 5.73 Å². The summed E-state index contributed by atoms with van der Waals surface area (Å²) < 4.78 is 51.8. The van der Waals surface area contributed by atoms with Gasteiger partial charge in [0.25, 0.3) is 0 Å². The van der Waals surface area contributed by atoms with E-state index in [2.05, 4.69) is 4.98 Å². The SMILES string of the molecule is NCc1ccc(C(F)(F)F)nc1N1CC=C(c2ccc(F)cc2)CC1. The molecular formula is C18H17F4N3. The Hall–Kier alpha value is -2.41. The number of pyridine rings is 1. The van der Waals surface area contributed by atoms with Crippen LogP contribution in [-0.2, 0) is 12.7 Å². The maximum Gasteiger partial charge on any atom is 0.433 e. The highest BCUT2D eigenvalue weighted by molar-refractivity contribution is 5.68. The first-order valence-corrected chi connectivity index (χ1v) is 7.85. The molecule has 1 aliphatic rings. The van der Waals surface area contributed by atoms with Gasteiger partial charge in [0, 0.05) is 25.2 Å². The highest BCUT2D eigenvalue weighted by Crippen LogP contribution is 2.32. The molecule has 2 N–H and O–H groups in total. The molecular weight excluding hydrogens is 334 g/mol. The van der Waals surface area contributed by atoms with Crippen molar-refractivity contribution in [2.75, 3.05) is 18.0 Å². The van der Waals surface area contributed by atoms with E-state index in [9.17, 15) is 17.6 Å². The molecule has 2 aromatic rings. The predicted molar refractivity (Wildman–Crippen MR) is 88.3 cm³/mol. The third kappa shape index (κ3) is 3.82. The summed E-state index contributed by atoms with van der Waals surface area (Å²) in [6, 6.07) is 8.52. The average molecular weight is 351 g/mol. The van der Waals surface area contributed by atoms with Gasteiger partial charge in [0.05, 0.1) is 0 Å². The van der Waals surface area contributed by atoms with Gasteiger partial charge in [0.2, 0.25) is 0 Å². The second-order valence-electron chi connectivity index (χ2n) is 5.81. The summed E-state index contributed by atoms with van der Waals surface area (Å²) in [5.74, 6) is -0.0331. The lowest BCUT2D eigenvalue weighted by Gasteiger charge is -2.29. The van der Waals surface area contributed by atoms with E-state index in [1.54, 1.807) is 17.0 Å². The standard InChI is InChI=1S/C18H17F4N3/c19-15-4-1-12(2-5-15)13-7-9-25(10-8-13)17-14(11-23)3-6-16(24-17)18(20,21)22/h1-7H,8-11,23H2. The third-order valence-electron chi connectivity index (χ3n) is 4.19. The molecule has 25 heavy (non-hydrogen) atoms. The second-order valence-corrected chi connectivity index (χ2v) is 5.81. The number of alkyl halides is 3. The van der Waals surface area contributed by atoms with Crippen molar-refractivity contribution in [1.82, 2.24) is 4.98 Å². The van der Waals surface area contributed by atoms with Gasteiger partial charge in [0.15, 0.2) is 0 Å². The second kappa shape index (κ2) is 6.84. The zero-order chi connectivity index (χ0) is 18.0. The van der Waals surface area contributed by atoms with Crippen LogP contribution in [0.1, 0.15) is 23.2 Å². The number of benzene rings is 1. The van der Waals surface area contributed by atoms with Crippen molar-refractivity contribution in [3.05, 3.63) is 65.1 Å². The summed E-state index contributed by atoms with van der Waals surface area (Å²) in [6.45, 7) is 1.06. The number of anilines is 1. The van der Waals surface area contributed by atoms with Crippen LogP contribution in [0.4, 0.5) is 23.4 Å². The molecule has 3 rings (SSSR count). The van der Waals surface area contributed by atoms with Crippen molar-refractivity contribution in [3.8, 4) is 0 Å². The Labute approximate surface area is 142 Å². The molecule has 0 aliphatic carbocycles. The van der Waals surface area contributed by atoms with Crippen LogP contribution in [0.5, 0.6) is 0 Å². The van der Waals surface area contributed by atoms with Gasteiger partial charge < -0.3 is 10.6 Å². The quantitative estimate of drug-likeness (QED) is 0.850. The molecule has 132 valence electrons. The van der Waals surface area contributed by atoms with Crippen molar-refractivity contribution < 1.29 is 17.6 Å². The summed E-state index contributed by atoms with van der Waals surface area (Å²) in [5, 5.41) is 0. The molecule has 0 saturated carbocycles. The minimum Gasteiger partial charge on any atom is -0.352 e. The molecule has 1 aromatic carbocycles. The van der Waals surface area contributed by atoms with Crippen LogP contribution in [0.3, 0.4) is 0 Å². The minimum absolute atomic E-state index is 0.117. The summed E-state index contributed by atoms with van der Waals surface area (Å²) in [4.78, 5) is 5.57. The van der Waals surface area contributed by atoms with Crippen molar-refractivity contribution >= 4 is 11.4 Å². The third-order valence-corrected chi connectivity index (χ3v) is 4.19. The van der Waals surface area contributed by atoms with E-state index in [1.165, 1.54) is 18.2 Å². The van der Waals surface area contributed by atoms with Crippen LogP contribution in [0.15, 0.2) is 42.5 Å². The average Bonchev–Trinajstić information content (AvgIpc) is 2.61. The zero-order valence-electron chi connectivity index (χ0n) is 13.4. The van der Waals surface area contributed by atoms with E-state index in [1.807, 2.05) is 6.08 Å². The number of nitrogens with two attached hydrogens (primary N) is 1. The molecule has 0 saturated heterocycles. The number of rotatable bonds is 3. The molecule has 0 radical (unpaired) electrons. The van der Waals surface area contributed by atoms with E-state index in [-0.39, 0.29) is 18.2 Å². The van der Waals surface area contributed by atoms with Crippen molar-refractivity contribution in [2.45, 2.75) is 19.1 Å². The lowest BCUT2D eigenvalue weighted by atomic mass is 9.99. The van der Waals surface area contributed by atoms with Crippen molar-refractivity contribution in [1.29, 1.82) is 0 Å². The summed E-state index contributed by atoms with van der Waals surface area (Å²) in [6.07, 6.45) is -1.93. The fourth-order valence-electron chi connectivity index (χ4n) is 2.86. The fourth-order valence-corrected chi connectivity index (χ4v) is 2.86. The predicted octanol–water partition coefficient (Wildman–Crippen LogP) is 3.99. The zero-order valence-corrected chi connectivity index (χ0v) is 13.4. The van der Waals surface area contributed by atoms with Crippen LogP contribution in [0, 0.1) is 5.82 Å². The molecule has 1 aliphatic heterocycles. The molecule has 0 unspecified atom stereocenters. The van der Waals surface area contributed by atoms with Gasteiger partial charge in [-0.05, 0) is 35.8 Å². The molecule has 0 amide bonds. The van der Waals surface area contributed by atoms with Crippen LogP contribution in [0.2, 0.25) is 0 Å². The molecule has 0 bridgehead atoms. The monoisotopic (exact) mass is 351 g/mol. The Bertz CT molecular complexity index is 782. The molecule has 7 heteroatoms. The number of hydrogen-bond acceptors (Lipinski definition) is 3. The molecule has 0 fully saturated rings. The van der Waals surface area contributed by atoms with Gasteiger partial charge >= 0.3 is 6.18 Å². The highest BCUT2D eigenvalue weighted by Gasteiger charge is 2.33. The van der Waals surface area contributed by atoms with Crippen LogP contribution >= 0.6 is 0 Å². The van der Waals surface area contributed by atoms with Gasteiger partial charge in [0.1, 0.15) is 17.3 Å². The molecule has 0 atom stereocenters. The van der Waals surface area contributed by atoms with E-state index in [0.717, 1.165) is 17.2 Å². The van der Waals surface area contributed by atoms with Gasteiger partial charge in [-0.1, -0.05) is 24.3 Å². The lowest BCUT2D eigenvalue weighted by Crippen LogP contribution is -2.31. The number of aromatic nitrogens is 1. The van der Waals surface area contributed by atoms with E-state index >= 15 is 0 Å². The Morgan fingerprint density at radius 3 is 2.36 bits per heavy atom. The molecule has 2 heterocycles. The Morgan fingerprint density at radius 2 is 1.80 bits per heavy atom. The summed E-state index contributed by atoms with van der Waals surface area (Å²) >= 11 is 0. The van der Waals surface area contributed by atoms with Gasteiger partial charge in [-0.2, -0.15) is 13.2 Å². The first-order chi connectivity index (χ1) is 11.9. The largest absolute Gasteiger partial charge is 0.433 e. The molecule has 0 spiro atoms. The minimum atomic E-state index is -4.49. The van der Waals surface area contributed by atoms with Gasteiger partial charge in [-0.25, -0.2) is 9.37 Å². The Kier molecular flexibility index (Phi) is 4.76. The summed E-state index contributed by atoms with van der Waals surface area (Å²) in [5.41, 5.74) is 7.26. The number of nitrogens with zero attached hydrogens (tertiary/aromatic N) is 2. The highest BCUT2D eigenvalue weighted by atomic mass is 19.4. The summed E-state index contributed by atoms with van der Waals surface area (Å²) in [7, 11) is 0. The molecule has 3 nitrogen and oxygen atoms in total. The Balaban J connectivity index is 1.85. The van der Waals surface area contributed by atoms with Crippen LogP contribution in [-0.4, -0.2) is 18.1 Å². The number of hydrogen-bond donors (Lipinski definition) is 1. The topological polar surface area (TPSA) is 42.1 Å². The van der Waals surface area contributed by atoms with E-state index in [4.69, 9.17) is 5.73 Å². The van der Waals surface area contributed by atoms with Crippen LogP contribution in [0.25, 0.3) is 5.57 Å². The fraction of sp³-hybridized carbons (Fsp3) is 0.278. The number of halogens is 4. The normalized spacial score (nSPS) is 15.2. The van der Waals surface area contributed by atoms with E-state index in [0.29, 0.717) is 25.1 Å². The first kappa shape index (κ1) is 17.4. The van der Waals surface area contributed by atoms with Crippen molar-refractivity contribution in [3.63, 3.8) is 0 Å². The van der Waals surface area contributed by atoms with Crippen LogP contribution < -0.4 is 10.6 Å². The smallest absolute Gasteiger partial charge is 0.352 e. The lowest BCUT2D eigenvalue weighted by molar-refractivity contribution is -0.141. The maximum atomic E-state index is 13.0. The molecule has 1 aromatic heterocycles. The van der Waals surface area contributed by atoms with E-state index < -0.39 is 11.9 Å². The van der Waals surface area contributed by atoms with Gasteiger partial charge in [-0.15, -0.1) is 0 Å².